The zero-order valence-electron chi connectivity index (χ0n) is 8.28. The van der Waals surface area contributed by atoms with Crippen molar-refractivity contribution in [2.45, 2.75) is 20.8 Å². The molecule has 0 aromatic carbocycles. The Morgan fingerprint density at radius 2 is 1.75 bits per heavy atom. The third kappa shape index (κ3) is 7.42. The van der Waals surface area contributed by atoms with Crippen LogP contribution in [0.4, 0.5) is 0 Å². The molecule has 70 valence electrons. The summed E-state index contributed by atoms with van der Waals surface area (Å²) < 4.78 is 4.77. The second kappa shape index (κ2) is 8.41. The Kier molecular flexibility index (Phi) is 9.72. The molecule has 0 heterocycles. The molecule has 0 amide bonds. The van der Waals surface area contributed by atoms with Crippen molar-refractivity contribution in [3.8, 4) is 0 Å². The minimum atomic E-state index is 0.535. The summed E-state index contributed by atoms with van der Waals surface area (Å²) in [5, 5.41) is 0.576. The Morgan fingerprint density at radius 1 is 1.33 bits per heavy atom. The number of ether oxygens (including phenoxy) is 1. The largest absolute Gasteiger partial charge is 0.497 e. The van der Waals surface area contributed by atoms with Gasteiger partial charge in [0.05, 0.1) is 7.11 Å². The summed E-state index contributed by atoms with van der Waals surface area (Å²) in [4.78, 5) is 0. The molecule has 0 aromatic heterocycles. The zero-order chi connectivity index (χ0) is 10.1. The summed E-state index contributed by atoms with van der Waals surface area (Å²) in [5.74, 6) is 0.535. The van der Waals surface area contributed by atoms with E-state index in [2.05, 4.69) is 13.2 Å². The fourth-order valence-corrected chi connectivity index (χ4v) is 0.445. The first-order valence-corrected chi connectivity index (χ1v) is 4.21. The predicted octanol–water partition coefficient (Wildman–Crippen LogP) is 3.87. The average molecular weight is 189 g/mol. The van der Waals surface area contributed by atoms with Crippen LogP contribution < -0.4 is 0 Å². The highest BCUT2D eigenvalue weighted by Gasteiger charge is 1.92. The summed E-state index contributed by atoms with van der Waals surface area (Å²) in [6, 6.07) is 0. The third-order valence-corrected chi connectivity index (χ3v) is 1.39. The zero-order valence-corrected chi connectivity index (χ0v) is 9.03. The molecule has 0 radical (unpaired) electrons. The van der Waals surface area contributed by atoms with Crippen molar-refractivity contribution < 1.29 is 4.74 Å². The van der Waals surface area contributed by atoms with Gasteiger partial charge < -0.3 is 4.74 Å². The van der Waals surface area contributed by atoms with Gasteiger partial charge in [0.25, 0.3) is 0 Å². The van der Waals surface area contributed by atoms with E-state index in [-0.39, 0.29) is 0 Å². The SMILES string of the molecule is C=C(/C=C(/Cl)C(=C)C)OC.CC. The van der Waals surface area contributed by atoms with Gasteiger partial charge in [-0.05, 0) is 18.6 Å². The molecule has 12 heavy (non-hydrogen) atoms. The van der Waals surface area contributed by atoms with E-state index in [9.17, 15) is 0 Å². The topological polar surface area (TPSA) is 9.23 Å². The number of halogens is 1. The Hall–Kier alpha value is -0.690. The van der Waals surface area contributed by atoms with Crippen LogP contribution in [0.5, 0.6) is 0 Å². The molecular formula is C10H17ClO. The first-order valence-electron chi connectivity index (χ1n) is 3.84. The Morgan fingerprint density at radius 3 is 2.00 bits per heavy atom. The molecule has 0 spiro atoms. The van der Waals surface area contributed by atoms with Crippen LogP contribution in [0.3, 0.4) is 0 Å². The smallest absolute Gasteiger partial charge is 0.113 e. The highest BCUT2D eigenvalue weighted by atomic mass is 35.5. The van der Waals surface area contributed by atoms with Gasteiger partial charge >= 0.3 is 0 Å². The van der Waals surface area contributed by atoms with Crippen LogP contribution in [-0.2, 0) is 4.74 Å². The molecule has 0 aliphatic heterocycles. The number of methoxy groups -OCH3 is 1. The first-order chi connectivity index (χ1) is 5.57. The lowest BCUT2D eigenvalue weighted by molar-refractivity contribution is 0.308. The van der Waals surface area contributed by atoms with Crippen LogP contribution in [-0.4, -0.2) is 7.11 Å². The highest BCUT2D eigenvalue weighted by Crippen LogP contribution is 2.13. The molecule has 0 aliphatic carbocycles. The van der Waals surface area contributed by atoms with Crippen LogP contribution in [0.2, 0.25) is 0 Å². The van der Waals surface area contributed by atoms with E-state index in [1.165, 1.54) is 0 Å². The molecule has 0 fully saturated rings. The summed E-state index contributed by atoms with van der Waals surface area (Å²) in [5.41, 5.74) is 0.805. The van der Waals surface area contributed by atoms with Crippen LogP contribution >= 0.6 is 11.6 Å². The maximum atomic E-state index is 5.71. The van der Waals surface area contributed by atoms with Gasteiger partial charge in [-0.2, -0.15) is 0 Å². The number of hydrogen-bond donors (Lipinski definition) is 0. The van der Waals surface area contributed by atoms with E-state index in [4.69, 9.17) is 16.3 Å². The second-order valence-electron chi connectivity index (χ2n) is 1.94. The van der Waals surface area contributed by atoms with Gasteiger partial charge in [0.1, 0.15) is 5.76 Å². The molecule has 0 rings (SSSR count). The summed E-state index contributed by atoms with van der Waals surface area (Å²) in [6.07, 6.45) is 1.63. The van der Waals surface area contributed by atoms with Crippen molar-refractivity contribution in [1.29, 1.82) is 0 Å². The normalized spacial score (nSPS) is 9.58. The van der Waals surface area contributed by atoms with E-state index >= 15 is 0 Å². The lowest BCUT2D eigenvalue weighted by Gasteiger charge is -1.98. The number of allylic oxidation sites excluding steroid dienone is 3. The van der Waals surface area contributed by atoms with Crippen molar-refractivity contribution in [3.63, 3.8) is 0 Å². The van der Waals surface area contributed by atoms with E-state index in [1.54, 1.807) is 13.2 Å². The average Bonchev–Trinajstić information content (AvgIpc) is 2.07. The molecule has 0 saturated carbocycles. The maximum absolute atomic E-state index is 5.71. The Labute approximate surface area is 80.4 Å². The van der Waals surface area contributed by atoms with E-state index in [0.29, 0.717) is 10.8 Å². The van der Waals surface area contributed by atoms with Crippen molar-refractivity contribution >= 4 is 11.6 Å². The van der Waals surface area contributed by atoms with Crippen molar-refractivity contribution in [1.82, 2.24) is 0 Å². The third-order valence-electron chi connectivity index (χ3n) is 0.958. The van der Waals surface area contributed by atoms with Crippen molar-refractivity contribution in [2.75, 3.05) is 7.11 Å². The van der Waals surface area contributed by atoms with Gasteiger partial charge in [-0.1, -0.05) is 38.6 Å². The maximum Gasteiger partial charge on any atom is 0.113 e. The van der Waals surface area contributed by atoms with E-state index in [0.717, 1.165) is 5.57 Å². The second-order valence-corrected chi connectivity index (χ2v) is 2.35. The predicted molar refractivity (Wildman–Crippen MR) is 56.2 cm³/mol. The molecule has 0 atom stereocenters. The van der Waals surface area contributed by atoms with Crippen LogP contribution in [0.1, 0.15) is 20.8 Å². The van der Waals surface area contributed by atoms with Gasteiger partial charge in [0.15, 0.2) is 0 Å². The minimum Gasteiger partial charge on any atom is -0.497 e. The molecular weight excluding hydrogens is 172 g/mol. The van der Waals surface area contributed by atoms with Crippen molar-refractivity contribution in [3.05, 3.63) is 35.6 Å². The van der Waals surface area contributed by atoms with Crippen molar-refractivity contribution in [2.24, 2.45) is 0 Å². The summed E-state index contributed by atoms with van der Waals surface area (Å²) in [7, 11) is 1.54. The summed E-state index contributed by atoms with van der Waals surface area (Å²) in [6.45, 7) is 13.0. The summed E-state index contributed by atoms with van der Waals surface area (Å²) >= 11 is 5.71. The van der Waals surface area contributed by atoms with Gasteiger partial charge in [-0.25, -0.2) is 0 Å². The van der Waals surface area contributed by atoms with Gasteiger partial charge in [-0.15, -0.1) is 0 Å². The molecule has 0 N–H and O–H groups in total. The van der Waals surface area contributed by atoms with Gasteiger partial charge in [0.2, 0.25) is 0 Å². The molecule has 2 heteroatoms. The quantitative estimate of drug-likeness (QED) is 0.483. The minimum absolute atomic E-state index is 0.535. The molecule has 0 bridgehead atoms. The monoisotopic (exact) mass is 188 g/mol. The molecule has 0 aliphatic rings. The van der Waals surface area contributed by atoms with E-state index in [1.807, 2.05) is 20.8 Å². The Bertz CT molecular complexity index is 180. The molecule has 0 saturated heterocycles. The molecule has 0 unspecified atom stereocenters. The lowest BCUT2D eigenvalue weighted by atomic mass is 10.3. The van der Waals surface area contributed by atoms with Crippen LogP contribution in [0.25, 0.3) is 0 Å². The first kappa shape index (κ1) is 13.9. The van der Waals surface area contributed by atoms with Gasteiger partial charge in [0, 0.05) is 5.03 Å². The number of rotatable bonds is 3. The standard InChI is InChI=1S/C8H11ClO.C2H6/c1-6(2)8(9)5-7(3)10-4;1-2/h5H,1,3H2,2,4H3;1-2H3/b8-5+;. The number of hydrogen-bond acceptors (Lipinski definition) is 1. The molecule has 0 aromatic rings. The fraction of sp³-hybridized carbons (Fsp3) is 0.400. The fourth-order valence-electron chi connectivity index (χ4n) is 0.323. The highest BCUT2D eigenvalue weighted by molar-refractivity contribution is 6.32. The lowest BCUT2D eigenvalue weighted by Crippen LogP contribution is -1.80. The van der Waals surface area contributed by atoms with E-state index < -0.39 is 0 Å². The van der Waals surface area contributed by atoms with Crippen LogP contribution in [0.15, 0.2) is 35.6 Å². The molecule has 1 nitrogen and oxygen atoms in total. The Balaban J connectivity index is 0. The van der Waals surface area contributed by atoms with Gasteiger partial charge in [-0.3, -0.25) is 0 Å². The van der Waals surface area contributed by atoms with Crippen LogP contribution in [0, 0.1) is 0 Å².